The van der Waals surface area contributed by atoms with Crippen LogP contribution in [0.5, 0.6) is 0 Å². The van der Waals surface area contributed by atoms with Crippen LogP contribution in [0.4, 0.5) is 4.39 Å². The molecule has 3 heteroatoms. The molecular formula is C14H19ClFN. The Bertz CT molecular complexity index is 380. The molecule has 0 bridgehead atoms. The third kappa shape index (κ3) is 2.99. The Balaban J connectivity index is 2.16. The molecule has 1 saturated carbocycles. The van der Waals surface area contributed by atoms with Gasteiger partial charge in [-0.2, -0.15) is 0 Å². The van der Waals surface area contributed by atoms with Crippen LogP contribution in [0, 0.1) is 11.7 Å². The topological polar surface area (TPSA) is 12.0 Å². The van der Waals surface area contributed by atoms with Gasteiger partial charge in [-0.15, -0.1) is 0 Å². The van der Waals surface area contributed by atoms with Gasteiger partial charge in [0.1, 0.15) is 5.82 Å². The smallest absolute Gasteiger partial charge is 0.123 e. The van der Waals surface area contributed by atoms with Crippen molar-refractivity contribution in [3.8, 4) is 0 Å². The van der Waals surface area contributed by atoms with Crippen LogP contribution < -0.4 is 5.32 Å². The summed E-state index contributed by atoms with van der Waals surface area (Å²) >= 11 is 6.19. The molecule has 17 heavy (non-hydrogen) atoms. The first-order chi connectivity index (χ1) is 8.22. The summed E-state index contributed by atoms with van der Waals surface area (Å²) in [6.45, 7) is 4.10. The van der Waals surface area contributed by atoms with Crippen molar-refractivity contribution in [1.29, 1.82) is 0 Å². The minimum absolute atomic E-state index is 0.182. The van der Waals surface area contributed by atoms with E-state index in [0.29, 0.717) is 16.9 Å². The fourth-order valence-corrected chi connectivity index (χ4v) is 3.08. The van der Waals surface area contributed by atoms with E-state index in [2.05, 4.69) is 12.2 Å². The van der Waals surface area contributed by atoms with Crippen molar-refractivity contribution in [2.75, 3.05) is 13.1 Å². The SMILES string of the molecule is CCNCC1CCCC1c1cc(F)ccc1Cl. The maximum atomic E-state index is 13.3. The molecule has 1 aromatic carbocycles. The van der Waals surface area contributed by atoms with E-state index < -0.39 is 0 Å². The molecule has 0 aromatic heterocycles. The largest absolute Gasteiger partial charge is 0.317 e. The van der Waals surface area contributed by atoms with Gasteiger partial charge in [0.2, 0.25) is 0 Å². The number of halogens is 2. The summed E-state index contributed by atoms with van der Waals surface area (Å²) in [5.41, 5.74) is 0.993. The molecule has 0 aliphatic heterocycles. The van der Waals surface area contributed by atoms with Crippen LogP contribution in [0.1, 0.15) is 37.7 Å². The molecule has 94 valence electrons. The van der Waals surface area contributed by atoms with Crippen molar-refractivity contribution in [2.24, 2.45) is 5.92 Å². The second kappa shape index (κ2) is 5.83. The number of benzene rings is 1. The monoisotopic (exact) mass is 255 g/mol. The van der Waals surface area contributed by atoms with E-state index in [0.717, 1.165) is 25.1 Å². The lowest BCUT2D eigenvalue weighted by Gasteiger charge is -2.21. The van der Waals surface area contributed by atoms with Crippen molar-refractivity contribution in [3.63, 3.8) is 0 Å². The average Bonchev–Trinajstić information content (AvgIpc) is 2.77. The van der Waals surface area contributed by atoms with Gasteiger partial charge >= 0.3 is 0 Å². The summed E-state index contributed by atoms with van der Waals surface area (Å²) in [5, 5.41) is 4.10. The second-order valence-corrected chi connectivity index (χ2v) is 5.18. The highest BCUT2D eigenvalue weighted by Crippen LogP contribution is 2.42. The molecule has 0 heterocycles. The van der Waals surface area contributed by atoms with Gasteiger partial charge in [0.05, 0.1) is 0 Å². The lowest BCUT2D eigenvalue weighted by molar-refractivity contribution is 0.449. The highest BCUT2D eigenvalue weighted by Gasteiger charge is 2.29. The Morgan fingerprint density at radius 2 is 2.24 bits per heavy atom. The Labute approximate surface area is 107 Å². The molecule has 1 N–H and O–H groups in total. The minimum atomic E-state index is -0.182. The van der Waals surface area contributed by atoms with Crippen molar-refractivity contribution in [1.82, 2.24) is 5.32 Å². The molecule has 1 nitrogen and oxygen atoms in total. The van der Waals surface area contributed by atoms with E-state index in [1.165, 1.54) is 18.9 Å². The first kappa shape index (κ1) is 12.8. The number of hydrogen-bond donors (Lipinski definition) is 1. The molecule has 2 unspecified atom stereocenters. The van der Waals surface area contributed by atoms with Crippen molar-refractivity contribution in [2.45, 2.75) is 32.1 Å². The first-order valence-electron chi connectivity index (χ1n) is 6.38. The zero-order chi connectivity index (χ0) is 12.3. The summed E-state index contributed by atoms with van der Waals surface area (Å²) in [6, 6.07) is 4.71. The lowest BCUT2D eigenvalue weighted by atomic mass is 9.88. The lowest BCUT2D eigenvalue weighted by Crippen LogP contribution is -2.24. The highest BCUT2D eigenvalue weighted by molar-refractivity contribution is 6.31. The van der Waals surface area contributed by atoms with E-state index in [-0.39, 0.29) is 5.82 Å². The van der Waals surface area contributed by atoms with Crippen molar-refractivity contribution >= 4 is 11.6 Å². The molecule has 0 saturated heterocycles. The standard InChI is InChI=1S/C14H19ClFN/c1-2-17-9-10-4-3-5-12(10)13-8-11(16)6-7-14(13)15/h6-8,10,12,17H,2-5,9H2,1H3. The predicted molar refractivity (Wildman–Crippen MR) is 70.0 cm³/mol. The summed E-state index contributed by atoms with van der Waals surface area (Å²) in [4.78, 5) is 0. The van der Waals surface area contributed by atoms with E-state index in [4.69, 9.17) is 11.6 Å². The fraction of sp³-hybridized carbons (Fsp3) is 0.571. The summed E-state index contributed by atoms with van der Waals surface area (Å²) in [6.07, 6.45) is 3.55. The summed E-state index contributed by atoms with van der Waals surface area (Å²) in [5.74, 6) is 0.824. The predicted octanol–water partition coefficient (Wildman–Crippen LogP) is 3.97. The van der Waals surface area contributed by atoms with E-state index >= 15 is 0 Å². The van der Waals surface area contributed by atoms with Gasteiger partial charge in [0.25, 0.3) is 0 Å². The molecular weight excluding hydrogens is 237 g/mol. The third-order valence-electron chi connectivity index (χ3n) is 3.67. The van der Waals surface area contributed by atoms with E-state index in [1.54, 1.807) is 12.1 Å². The zero-order valence-electron chi connectivity index (χ0n) is 10.2. The molecule has 2 rings (SSSR count). The zero-order valence-corrected chi connectivity index (χ0v) is 10.9. The summed E-state index contributed by atoms with van der Waals surface area (Å²) < 4.78 is 13.3. The van der Waals surface area contributed by atoms with E-state index in [9.17, 15) is 4.39 Å². The van der Waals surface area contributed by atoms with E-state index in [1.807, 2.05) is 0 Å². The minimum Gasteiger partial charge on any atom is -0.317 e. The van der Waals surface area contributed by atoms with Crippen LogP contribution >= 0.6 is 11.6 Å². The number of rotatable bonds is 4. The molecule has 1 aromatic rings. The Morgan fingerprint density at radius 1 is 1.41 bits per heavy atom. The van der Waals surface area contributed by atoms with Crippen molar-refractivity contribution < 1.29 is 4.39 Å². The van der Waals surface area contributed by atoms with Gasteiger partial charge in [-0.25, -0.2) is 4.39 Å². The number of hydrogen-bond acceptors (Lipinski definition) is 1. The van der Waals surface area contributed by atoms with Crippen LogP contribution in [0.15, 0.2) is 18.2 Å². The van der Waals surface area contributed by atoms with Crippen LogP contribution in [-0.2, 0) is 0 Å². The molecule has 1 aliphatic rings. The van der Waals surface area contributed by atoms with Gasteiger partial charge in [0.15, 0.2) is 0 Å². The third-order valence-corrected chi connectivity index (χ3v) is 4.02. The van der Waals surface area contributed by atoms with Gasteiger partial charge < -0.3 is 5.32 Å². The fourth-order valence-electron chi connectivity index (χ4n) is 2.82. The highest BCUT2D eigenvalue weighted by atomic mass is 35.5. The van der Waals surface area contributed by atoms with Crippen LogP contribution in [0.3, 0.4) is 0 Å². The van der Waals surface area contributed by atoms with Crippen molar-refractivity contribution in [3.05, 3.63) is 34.6 Å². The quantitative estimate of drug-likeness (QED) is 0.858. The molecule has 1 aliphatic carbocycles. The molecule has 2 atom stereocenters. The maximum absolute atomic E-state index is 13.3. The molecule has 0 radical (unpaired) electrons. The first-order valence-corrected chi connectivity index (χ1v) is 6.75. The molecule has 0 spiro atoms. The molecule has 0 amide bonds. The van der Waals surface area contributed by atoms with Gasteiger partial charge in [-0.05, 0) is 61.5 Å². The van der Waals surface area contributed by atoms with Gasteiger partial charge in [0, 0.05) is 5.02 Å². The maximum Gasteiger partial charge on any atom is 0.123 e. The number of nitrogens with one attached hydrogen (secondary N) is 1. The summed E-state index contributed by atoms with van der Waals surface area (Å²) in [7, 11) is 0. The second-order valence-electron chi connectivity index (χ2n) is 4.77. The van der Waals surface area contributed by atoms with Gasteiger partial charge in [-0.1, -0.05) is 24.9 Å². The average molecular weight is 256 g/mol. The van der Waals surface area contributed by atoms with Gasteiger partial charge in [-0.3, -0.25) is 0 Å². The van der Waals surface area contributed by atoms with Crippen LogP contribution in [0.2, 0.25) is 5.02 Å². The Morgan fingerprint density at radius 3 is 3.00 bits per heavy atom. The Kier molecular flexibility index (Phi) is 4.41. The molecule has 1 fully saturated rings. The normalized spacial score (nSPS) is 24.2. The van der Waals surface area contributed by atoms with Crippen LogP contribution in [-0.4, -0.2) is 13.1 Å². The van der Waals surface area contributed by atoms with Crippen LogP contribution in [0.25, 0.3) is 0 Å². The Hall–Kier alpha value is -0.600.